The summed E-state index contributed by atoms with van der Waals surface area (Å²) in [5.41, 5.74) is -2.30. The third kappa shape index (κ3) is 13.2. The maximum Gasteiger partial charge on any atom is 0.315 e. The van der Waals surface area contributed by atoms with Crippen LogP contribution in [0.1, 0.15) is 113 Å². The van der Waals surface area contributed by atoms with Crippen LogP contribution in [0.5, 0.6) is 0 Å². The lowest BCUT2D eigenvalue weighted by Gasteiger charge is -2.71. The van der Waals surface area contributed by atoms with Gasteiger partial charge in [0.05, 0.1) is 57.3 Å². The number of esters is 1. The summed E-state index contributed by atoms with van der Waals surface area (Å²) in [6.07, 6.45) is -42.2. The van der Waals surface area contributed by atoms with Crippen molar-refractivity contribution in [1.29, 1.82) is 0 Å². The molecule has 10 fully saturated rings. The van der Waals surface area contributed by atoms with Gasteiger partial charge in [-0.3, -0.25) is 4.79 Å². The Kier molecular flexibility index (Phi) is 22.6. The van der Waals surface area contributed by atoms with E-state index in [9.17, 15) is 97.0 Å². The zero-order chi connectivity index (χ0) is 70.7. The Labute approximate surface area is 561 Å². The van der Waals surface area contributed by atoms with E-state index in [0.29, 0.717) is 57.8 Å². The molecular weight excluding hydrogens is 1290 g/mol. The first-order valence-corrected chi connectivity index (χ1v) is 34.3. The minimum atomic E-state index is -2.06. The van der Waals surface area contributed by atoms with Crippen LogP contribution in [0.15, 0.2) is 11.6 Å². The molecule has 0 aromatic carbocycles. The lowest BCUT2D eigenvalue weighted by Crippen LogP contribution is -2.67. The fourth-order valence-corrected chi connectivity index (χ4v) is 19.0. The number of aliphatic hydroxyl groups excluding tert-OH is 19. The molecule has 11 rings (SSSR count). The maximum absolute atomic E-state index is 15.2. The van der Waals surface area contributed by atoms with Gasteiger partial charge in [-0.1, -0.05) is 53.2 Å². The molecule has 6 aliphatic heterocycles. The van der Waals surface area contributed by atoms with Crippen molar-refractivity contribution in [3.63, 3.8) is 0 Å². The molecule has 0 radical (unpaired) electrons. The van der Waals surface area contributed by atoms with Gasteiger partial charge in [-0.25, -0.2) is 0 Å². The highest BCUT2D eigenvalue weighted by Crippen LogP contribution is 2.76. The molecular formula is C65H106O32. The Bertz CT molecular complexity index is 2710. The van der Waals surface area contributed by atoms with Crippen LogP contribution in [0.2, 0.25) is 0 Å². The molecule has 6 heterocycles. The van der Waals surface area contributed by atoms with Crippen molar-refractivity contribution in [2.75, 3.05) is 39.6 Å². The van der Waals surface area contributed by atoms with Crippen molar-refractivity contribution in [3.05, 3.63) is 11.6 Å². The van der Waals surface area contributed by atoms with E-state index in [1.807, 2.05) is 6.92 Å². The van der Waals surface area contributed by atoms with Crippen molar-refractivity contribution in [2.45, 2.75) is 297 Å². The monoisotopic (exact) mass is 1400 g/mol. The van der Waals surface area contributed by atoms with Gasteiger partial charge in [0.1, 0.15) is 134 Å². The van der Waals surface area contributed by atoms with Crippen molar-refractivity contribution >= 4 is 5.97 Å². The molecule has 0 amide bonds. The molecule has 0 bridgehead atoms. The second-order valence-electron chi connectivity index (χ2n) is 31.3. The van der Waals surface area contributed by atoms with Crippen LogP contribution in [-0.4, -0.2) is 327 Å². The van der Waals surface area contributed by atoms with E-state index in [1.165, 1.54) is 6.92 Å². The van der Waals surface area contributed by atoms with Gasteiger partial charge in [0.2, 0.25) is 6.29 Å². The number of rotatable bonds is 17. The summed E-state index contributed by atoms with van der Waals surface area (Å²) in [5.74, 6) is -1.05. The van der Waals surface area contributed by atoms with Gasteiger partial charge in [-0.2, -0.15) is 0 Å². The van der Waals surface area contributed by atoms with Gasteiger partial charge in [-0.05, 0) is 111 Å². The quantitative estimate of drug-likeness (QED) is 0.0366. The zero-order valence-corrected chi connectivity index (χ0v) is 55.7. The van der Waals surface area contributed by atoms with Crippen LogP contribution in [0, 0.1) is 50.2 Å². The summed E-state index contributed by atoms with van der Waals surface area (Å²) in [6.45, 7) is 10.9. The molecule has 97 heavy (non-hydrogen) atoms. The zero-order valence-electron chi connectivity index (χ0n) is 55.7. The highest BCUT2D eigenvalue weighted by atomic mass is 16.8. The smallest absolute Gasteiger partial charge is 0.315 e. The summed E-state index contributed by atoms with van der Waals surface area (Å²) >= 11 is 0. The maximum atomic E-state index is 15.2. The molecule has 10 unspecified atom stereocenters. The molecule has 6 saturated heterocycles. The Morgan fingerprint density at radius 3 is 1.66 bits per heavy atom. The Morgan fingerprint density at radius 2 is 1.03 bits per heavy atom. The van der Waals surface area contributed by atoms with Crippen LogP contribution < -0.4 is 0 Å². The van der Waals surface area contributed by atoms with Gasteiger partial charge in [-0.15, -0.1) is 0 Å². The van der Waals surface area contributed by atoms with E-state index >= 15 is 4.79 Å². The van der Waals surface area contributed by atoms with Gasteiger partial charge in [0, 0.05) is 5.41 Å². The van der Waals surface area contributed by atoms with Crippen LogP contribution in [0.25, 0.3) is 0 Å². The number of fused-ring (bicyclic) bond motifs is 7. The highest BCUT2D eigenvalue weighted by Gasteiger charge is 2.71. The van der Waals surface area contributed by atoms with Gasteiger partial charge >= 0.3 is 5.97 Å². The second kappa shape index (κ2) is 28.8. The second-order valence-corrected chi connectivity index (χ2v) is 31.3. The van der Waals surface area contributed by atoms with Crippen molar-refractivity contribution in [1.82, 2.24) is 0 Å². The summed E-state index contributed by atoms with van der Waals surface area (Å²) in [4.78, 5) is 15.2. The van der Waals surface area contributed by atoms with Crippen LogP contribution in [0.3, 0.4) is 0 Å². The molecule has 0 spiro atoms. The number of hydrogen-bond donors (Lipinski definition) is 19. The third-order valence-corrected chi connectivity index (χ3v) is 25.3. The summed E-state index contributed by atoms with van der Waals surface area (Å²) in [6, 6.07) is 0. The fraction of sp³-hybridized carbons (Fsp3) is 0.954. The van der Waals surface area contributed by atoms with Crippen molar-refractivity contribution in [3.8, 4) is 0 Å². The number of ether oxygens (including phenoxy) is 12. The molecule has 558 valence electrons. The molecule has 32 nitrogen and oxygen atoms in total. The fourth-order valence-electron chi connectivity index (χ4n) is 19.0. The summed E-state index contributed by atoms with van der Waals surface area (Å²) in [5, 5.41) is 206. The molecule has 11 aliphatic rings. The van der Waals surface area contributed by atoms with E-state index in [2.05, 4.69) is 40.7 Å². The van der Waals surface area contributed by atoms with E-state index < -0.39 is 245 Å². The molecule has 4 saturated carbocycles. The Balaban J connectivity index is 0.772. The lowest BCUT2D eigenvalue weighted by atomic mass is 9.33. The van der Waals surface area contributed by atoms with Gasteiger partial charge in [0.25, 0.3) is 0 Å². The lowest BCUT2D eigenvalue weighted by molar-refractivity contribution is -0.390. The van der Waals surface area contributed by atoms with Crippen molar-refractivity contribution in [2.24, 2.45) is 50.2 Å². The molecule has 38 atom stereocenters. The minimum Gasteiger partial charge on any atom is -0.432 e. The summed E-state index contributed by atoms with van der Waals surface area (Å²) in [7, 11) is 0. The Morgan fingerprint density at radius 1 is 0.495 bits per heavy atom. The predicted molar refractivity (Wildman–Crippen MR) is 322 cm³/mol. The summed E-state index contributed by atoms with van der Waals surface area (Å²) < 4.78 is 71.2. The molecule has 19 N–H and O–H groups in total. The standard InChI is InChI=1S/C65H106O32/c1-25-36(71)51(95-55-48(83)44(79)50(31(21-68)91-55)94-54-46(81)42(77)39(74)30(20-67)90-54)49(84)57(88-25)96-52-37(72)28(70)22-86-58(52)93-35-11-12-61(4)33(62(35,5)24-69)10-13-64(7)34(61)9-8-26-27-18-60(2,3)14-16-65(27,17-15-63(26,64)6)59(85)97-56-47(82)43(78)40(75)32(92-56)23-87-53-45(80)41(76)38(73)29(19-66)89-53/h8,25,27-58,66-84H,9-24H2,1-7H3/t25-,27?,28+,29+,30-,31+,32+,33?,34?,35?,36+,37-,38+,39-,40+,41-,42+,43-,44+,45+,46-,47+,48+,49+,50+,51+,52+,53?,54+,55-,56-,57-,58-,61?,62?,63?,64?,65?/m0/s1. The first-order valence-electron chi connectivity index (χ1n) is 34.3. The number of carbonyl (C=O) groups excluding carboxylic acids is 1. The first-order chi connectivity index (χ1) is 45.6. The first kappa shape index (κ1) is 76.1. The number of allylic oxidation sites excluding steroid dienone is 2. The molecule has 0 aromatic rings. The van der Waals surface area contributed by atoms with E-state index in [-0.39, 0.29) is 35.2 Å². The molecule has 32 heteroatoms. The number of carbonyl (C=O) groups is 1. The van der Waals surface area contributed by atoms with Gasteiger partial charge < -0.3 is 154 Å². The van der Waals surface area contributed by atoms with E-state index in [4.69, 9.17) is 56.8 Å². The third-order valence-electron chi connectivity index (χ3n) is 25.3. The largest absolute Gasteiger partial charge is 0.432 e. The topological polar surface area (TPSA) is 512 Å². The average molecular weight is 1400 g/mol. The number of hydrogen-bond acceptors (Lipinski definition) is 32. The molecule has 0 aromatic heterocycles. The van der Waals surface area contributed by atoms with Crippen LogP contribution in [-0.2, 0) is 61.6 Å². The minimum absolute atomic E-state index is 0.0526. The SMILES string of the molecule is C[C@@H]1O[C@@H](O[C@H]2[C@H](OC3CCC4(C)C(CCC5(C)C4CC=C4C6CC(C)(C)CCC6(C(=O)O[C@@H]6O[C@H](COC7O[C@H](CO)[C@@H](O)[C@H](O)[C@H]7O)[C@@H](O)[C@H](O)[C@H]6O)CCC45C)C3(C)CO)OC[C@@H](O)[C@@H]2O)[C@H](O)[C@H](O[C@@H]2O[C@H](CO)[C@@H](O[C@H]3O[C@@H](CO)[C@H](O)[C@@H](O)[C@@H]3O)[C@H](O)[C@H]2O)[C@@H]1O. The normalized spacial score (nSPS) is 54.7. The predicted octanol–water partition coefficient (Wildman–Crippen LogP) is -5.75. The average Bonchev–Trinajstić information content (AvgIpc) is 0.675. The van der Waals surface area contributed by atoms with E-state index in [0.717, 1.165) is 12.0 Å². The van der Waals surface area contributed by atoms with Crippen LogP contribution >= 0.6 is 0 Å². The number of aliphatic hydroxyl groups is 19. The van der Waals surface area contributed by atoms with Crippen molar-refractivity contribution < 1.29 is 159 Å². The Hall–Kier alpha value is -1.99. The highest BCUT2D eigenvalue weighted by molar-refractivity contribution is 5.79. The molecule has 5 aliphatic carbocycles. The van der Waals surface area contributed by atoms with Gasteiger partial charge in [0.15, 0.2) is 31.5 Å². The van der Waals surface area contributed by atoms with E-state index in [1.54, 1.807) is 0 Å². The van der Waals surface area contributed by atoms with Crippen LogP contribution in [0.4, 0.5) is 0 Å².